The zero-order valence-corrected chi connectivity index (χ0v) is 14.2. The molecule has 2 aromatic rings. The van der Waals surface area contributed by atoms with Gasteiger partial charge in [0.05, 0.1) is 18.9 Å². The number of ether oxygens (including phenoxy) is 1. The lowest BCUT2D eigenvalue weighted by Crippen LogP contribution is -2.47. The topological polar surface area (TPSA) is 70.2 Å². The van der Waals surface area contributed by atoms with Gasteiger partial charge in [0.2, 0.25) is 0 Å². The fourth-order valence-electron chi connectivity index (χ4n) is 2.79. The molecular formula is C18H24N4O2. The van der Waals surface area contributed by atoms with Crippen molar-refractivity contribution in [3.05, 3.63) is 41.6 Å². The Kier molecular flexibility index (Phi) is 5.27. The third-order valence-electron chi connectivity index (χ3n) is 4.40. The normalized spacial score (nSPS) is 16.8. The van der Waals surface area contributed by atoms with Crippen LogP contribution in [0.3, 0.4) is 0 Å². The largest absolute Gasteiger partial charge is 0.379 e. The smallest absolute Gasteiger partial charge is 0.269 e. The molecule has 0 radical (unpaired) electrons. The molecule has 1 aromatic heterocycles. The second kappa shape index (κ2) is 7.59. The van der Waals surface area contributed by atoms with Gasteiger partial charge in [0.15, 0.2) is 0 Å². The van der Waals surface area contributed by atoms with Crippen molar-refractivity contribution in [3.8, 4) is 11.3 Å². The molecule has 1 aromatic carbocycles. The highest BCUT2D eigenvalue weighted by Gasteiger charge is 2.18. The summed E-state index contributed by atoms with van der Waals surface area (Å²) in [5, 5.41) is 10.0. The maximum atomic E-state index is 12.3. The monoisotopic (exact) mass is 328 g/mol. The van der Waals surface area contributed by atoms with Gasteiger partial charge >= 0.3 is 0 Å². The Balaban J connectivity index is 1.56. The Bertz CT molecular complexity index is 675. The summed E-state index contributed by atoms with van der Waals surface area (Å²) < 4.78 is 5.35. The minimum absolute atomic E-state index is 0.124. The molecule has 1 saturated heterocycles. The number of carbonyl (C=O) groups excluding carboxylic acids is 1. The van der Waals surface area contributed by atoms with Gasteiger partial charge in [-0.2, -0.15) is 5.10 Å². The van der Waals surface area contributed by atoms with Gasteiger partial charge in [-0.15, -0.1) is 0 Å². The van der Waals surface area contributed by atoms with Gasteiger partial charge in [-0.1, -0.05) is 29.8 Å². The molecule has 1 amide bonds. The molecule has 2 heterocycles. The van der Waals surface area contributed by atoms with Crippen molar-refractivity contribution in [2.75, 3.05) is 32.8 Å². The number of benzene rings is 1. The lowest BCUT2D eigenvalue weighted by Gasteiger charge is -2.32. The molecule has 6 heteroatoms. The van der Waals surface area contributed by atoms with E-state index in [-0.39, 0.29) is 11.9 Å². The SMILES string of the molecule is Cc1ccc(-c2cc(C(=O)NC[C@H](C)N3CCOCC3)[nH]n2)cc1. The summed E-state index contributed by atoms with van der Waals surface area (Å²) in [7, 11) is 0. The lowest BCUT2D eigenvalue weighted by atomic mass is 10.1. The van der Waals surface area contributed by atoms with Gasteiger partial charge < -0.3 is 10.1 Å². The van der Waals surface area contributed by atoms with Crippen LogP contribution < -0.4 is 5.32 Å². The van der Waals surface area contributed by atoms with Gasteiger partial charge in [-0.3, -0.25) is 14.8 Å². The van der Waals surface area contributed by atoms with Crippen molar-refractivity contribution in [1.82, 2.24) is 20.4 Å². The summed E-state index contributed by atoms with van der Waals surface area (Å²) in [4.78, 5) is 14.6. The van der Waals surface area contributed by atoms with Crippen LogP contribution in [0.4, 0.5) is 0 Å². The van der Waals surface area contributed by atoms with E-state index >= 15 is 0 Å². The van der Waals surface area contributed by atoms with Crippen molar-refractivity contribution in [3.63, 3.8) is 0 Å². The summed E-state index contributed by atoms with van der Waals surface area (Å²) in [6, 6.07) is 10.2. The number of aryl methyl sites for hydroxylation is 1. The summed E-state index contributed by atoms with van der Waals surface area (Å²) in [5.74, 6) is -0.124. The first-order valence-electron chi connectivity index (χ1n) is 8.36. The van der Waals surface area contributed by atoms with E-state index in [4.69, 9.17) is 4.74 Å². The summed E-state index contributed by atoms with van der Waals surface area (Å²) in [6.45, 7) is 8.13. The van der Waals surface area contributed by atoms with E-state index in [0.717, 1.165) is 37.6 Å². The molecule has 0 unspecified atom stereocenters. The van der Waals surface area contributed by atoms with E-state index in [1.165, 1.54) is 5.56 Å². The Hall–Kier alpha value is -2.18. The zero-order valence-electron chi connectivity index (χ0n) is 14.2. The Morgan fingerprint density at radius 2 is 2.04 bits per heavy atom. The van der Waals surface area contributed by atoms with E-state index in [1.807, 2.05) is 31.2 Å². The van der Waals surface area contributed by atoms with Gasteiger partial charge in [0.1, 0.15) is 5.69 Å². The summed E-state index contributed by atoms with van der Waals surface area (Å²) in [6.07, 6.45) is 0. The first kappa shape index (κ1) is 16.7. The number of nitrogens with zero attached hydrogens (tertiary/aromatic N) is 2. The first-order valence-corrected chi connectivity index (χ1v) is 8.36. The number of hydrogen-bond donors (Lipinski definition) is 2. The second-order valence-corrected chi connectivity index (χ2v) is 6.24. The first-order chi connectivity index (χ1) is 11.6. The molecule has 2 N–H and O–H groups in total. The van der Waals surface area contributed by atoms with E-state index in [9.17, 15) is 4.79 Å². The molecular weight excluding hydrogens is 304 g/mol. The van der Waals surface area contributed by atoms with Crippen LogP contribution in [0, 0.1) is 6.92 Å². The highest BCUT2D eigenvalue weighted by Crippen LogP contribution is 2.18. The quantitative estimate of drug-likeness (QED) is 0.878. The number of morpholine rings is 1. The third-order valence-corrected chi connectivity index (χ3v) is 4.40. The van der Waals surface area contributed by atoms with Gasteiger partial charge in [-0.05, 0) is 19.9 Å². The van der Waals surface area contributed by atoms with Crippen molar-refractivity contribution in [2.24, 2.45) is 0 Å². The molecule has 3 rings (SSSR count). The van der Waals surface area contributed by atoms with Crippen molar-refractivity contribution < 1.29 is 9.53 Å². The highest BCUT2D eigenvalue weighted by atomic mass is 16.5. The number of H-pyrrole nitrogens is 1. The number of nitrogens with one attached hydrogen (secondary N) is 2. The fraction of sp³-hybridized carbons (Fsp3) is 0.444. The highest BCUT2D eigenvalue weighted by molar-refractivity contribution is 5.93. The average molecular weight is 328 g/mol. The van der Waals surface area contributed by atoms with Gasteiger partial charge in [0, 0.05) is 31.2 Å². The third kappa shape index (κ3) is 4.01. The Morgan fingerprint density at radius 1 is 1.33 bits per heavy atom. The Labute approximate surface area is 142 Å². The minimum atomic E-state index is -0.124. The van der Waals surface area contributed by atoms with Gasteiger partial charge in [-0.25, -0.2) is 0 Å². The lowest BCUT2D eigenvalue weighted by molar-refractivity contribution is 0.0204. The van der Waals surface area contributed by atoms with Crippen LogP contribution in [0.1, 0.15) is 23.0 Å². The molecule has 1 atom stereocenters. The fourth-order valence-corrected chi connectivity index (χ4v) is 2.79. The van der Waals surface area contributed by atoms with E-state index in [0.29, 0.717) is 12.2 Å². The average Bonchev–Trinajstić information content (AvgIpc) is 3.11. The van der Waals surface area contributed by atoms with Gasteiger partial charge in [0.25, 0.3) is 5.91 Å². The number of rotatable bonds is 5. The van der Waals surface area contributed by atoms with Crippen LogP contribution in [0.25, 0.3) is 11.3 Å². The molecule has 0 saturated carbocycles. The van der Waals surface area contributed by atoms with Crippen LogP contribution in [0.5, 0.6) is 0 Å². The van der Waals surface area contributed by atoms with E-state index < -0.39 is 0 Å². The van der Waals surface area contributed by atoms with Crippen molar-refractivity contribution >= 4 is 5.91 Å². The number of aromatic amines is 1. The molecule has 6 nitrogen and oxygen atoms in total. The molecule has 128 valence electrons. The number of aromatic nitrogens is 2. The maximum absolute atomic E-state index is 12.3. The maximum Gasteiger partial charge on any atom is 0.269 e. The van der Waals surface area contributed by atoms with Crippen molar-refractivity contribution in [1.29, 1.82) is 0 Å². The van der Waals surface area contributed by atoms with Crippen LogP contribution >= 0.6 is 0 Å². The predicted molar refractivity (Wildman–Crippen MR) is 92.9 cm³/mol. The molecule has 24 heavy (non-hydrogen) atoms. The molecule has 1 fully saturated rings. The Morgan fingerprint density at radius 3 is 2.75 bits per heavy atom. The number of carbonyl (C=O) groups is 1. The van der Waals surface area contributed by atoms with Crippen LogP contribution in [-0.2, 0) is 4.74 Å². The van der Waals surface area contributed by atoms with E-state index in [2.05, 4.69) is 27.3 Å². The molecule has 1 aliphatic rings. The predicted octanol–water partition coefficient (Wildman–Crippen LogP) is 1.84. The zero-order chi connectivity index (χ0) is 16.9. The summed E-state index contributed by atoms with van der Waals surface area (Å²) in [5.41, 5.74) is 3.46. The van der Waals surface area contributed by atoms with E-state index in [1.54, 1.807) is 6.07 Å². The summed E-state index contributed by atoms with van der Waals surface area (Å²) >= 11 is 0. The number of amides is 1. The molecule has 0 bridgehead atoms. The van der Waals surface area contributed by atoms with Crippen LogP contribution in [0.15, 0.2) is 30.3 Å². The minimum Gasteiger partial charge on any atom is -0.379 e. The second-order valence-electron chi connectivity index (χ2n) is 6.24. The van der Waals surface area contributed by atoms with Crippen molar-refractivity contribution in [2.45, 2.75) is 19.9 Å². The van der Waals surface area contributed by atoms with Crippen LogP contribution in [0.2, 0.25) is 0 Å². The standard InChI is InChI=1S/C18H24N4O2/c1-13-3-5-15(6-4-13)16-11-17(21-20-16)18(23)19-12-14(2)22-7-9-24-10-8-22/h3-6,11,14H,7-10,12H2,1-2H3,(H,19,23)(H,20,21)/t14-/m0/s1. The molecule has 1 aliphatic heterocycles. The molecule has 0 spiro atoms. The number of hydrogen-bond acceptors (Lipinski definition) is 4. The van der Waals surface area contributed by atoms with Crippen LogP contribution in [-0.4, -0.2) is 59.9 Å². The molecule has 0 aliphatic carbocycles.